The molecule has 90 valence electrons. The van der Waals surface area contributed by atoms with E-state index in [4.69, 9.17) is 14.9 Å². The quantitative estimate of drug-likeness (QED) is 0.710. The smallest absolute Gasteiger partial charge is 0.453 e. The summed E-state index contributed by atoms with van der Waals surface area (Å²) in [6, 6.07) is 3.14. The Morgan fingerprint density at radius 2 is 2.00 bits per heavy atom. The predicted molar refractivity (Wildman–Crippen MR) is 61.6 cm³/mol. The van der Waals surface area contributed by atoms with Gasteiger partial charge in [-0.1, -0.05) is 13.8 Å². The molecule has 0 aromatic heterocycles. The Hall–Kier alpha value is -1.03. The van der Waals surface area contributed by atoms with E-state index >= 15 is 0 Å². The highest BCUT2D eigenvalue weighted by atomic mass is 31.2. The van der Waals surface area contributed by atoms with E-state index < -0.39 is 7.75 Å². The van der Waals surface area contributed by atoms with Gasteiger partial charge in [0.05, 0.1) is 0 Å². The second-order valence-corrected chi connectivity index (χ2v) is 5.32. The van der Waals surface area contributed by atoms with Gasteiger partial charge in [0.2, 0.25) is 0 Å². The minimum absolute atomic E-state index is 0.0397. The van der Waals surface area contributed by atoms with Gasteiger partial charge in [0.25, 0.3) is 0 Å². The number of benzene rings is 1. The zero-order chi connectivity index (χ0) is 12.5. The fourth-order valence-electron chi connectivity index (χ4n) is 1.54. The lowest BCUT2D eigenvalue weighted by molar-refractivity contribution is 0.376. The third-order valence-corrected chi connectivity index (χ3v) is 2.53. The van der Waals surface area contributed by atoms with Crippen molar-refractivity contribution in [1.29, 1.82) is 0 Å². The van der Waals surface area contributed by atoms with Gasteiger partial charge < -0.3 is 14.5 Å². The molecule has 1 unspecified atom stereocenters. The number of hydrogen-bond acceptors (Lipinski definition) is 3. The van der Waals surface area contributed by atoms with E-state index in [0.717, 1.165) is 5.56 Å². The molecule has 1 atom stereocenters. The monoisotopic (exact) mass is 245 g/mol. The second kappa shape index (κ2) is 4.45. The van der Waals surface area contributed by atoms with Gasteiger partial charge in [-0.15, -0.1) is 0 Å². The summed E-state index contributed by atoms with van der Waals surface area (Å²) in [5.74, 6) is 0.154. The highest BCUT2D eigenvalue weighted by Gasteiger charge is 2.20. The first-order valence-corrected chi connectivity index (χ1v) is 6.50. The van der Waals surface area contributed by atoms with Gasteiger partial charge in [-0.3, -0.25) is 0 Å². The molecule has 5 nitrogen and oxygen atoms in total. The minimum Gasteiger partial charge on any atom is -0.508 e. The fraction of sp³-hybridized carbons (Fsp3) is 0.400. The summed E-state index contributed by atoms with van der Waals surface area (Å²) in [4.78, 5) is 8.99. The molecular formula is C10H16NO4P. The van der Waals surface area contributed by atoms with Crippen LogP contribution in [-0.4, -0.2) is 10.00 Å². The molecule has 1 aromatic rings. The van der Waals surface area contributed by atoms with Crippen molar-refractivity contribution in [2.24, 2.45) is 5.50 Å². The summed E-state index contributed by atoms with van der Waals surface area (Å²) >= 11 is 0. The van der Waals surface area contributed by atoms with Gasteiger partial charge in [-0.25, -0.2) is 10.1 Å². The summed E-state index contributed by atoms with van der Waals surface area (Å²) < 4.78 is 15.8. The SMILES string of the molecule is Cc1cc(O)c(C(C)C)c(OP(N)(=O)O)c1. The van der Waals surface area contributed by atoms with E-state index in [1.165, 1.54) is 0 Å². The minimum atomic E-state index is -4.11. The molecule has 0 amide bonds. The number of hydrogen-bond donors (Lipinski definition) is 3. The lowest BCUT2D eigenvalue weighted by Gasteiger charge is -2.17. The predicted octanol–water partition coefficient (Wildman–Crippen LogP) is 2.26. The zero-order valence-electron chi connectivity index (χ0n) is 9.47. The molecule has 0 aliphatic rings. The van der Waals surface area contributed by atoms with Crippen molar-refractivity contribution in [1.82, 2.24) is 0 Å². The summed E-state index contributed by atoms with van der Waals surface area (Å²) in [7, 11) is -4.11. The first kappa shape index (κ1) is 13.0. The van der Waals surface area contributed by atoms with Crippen LogP contribution >= 0.6 is 7.75 Å². The van der Waals surface area contributed by atoms with E-state index in [1.807, 2.05) is 13.8 Å². The summed E-state index contributed by atoms with van der Waals surface area (Å²) in [6.45, 7) is 5.43. The van der Waals surface area contributed by atoms with E-state index in [9.17, 15) is 9.67 Å². The van der Waals surface area contributed by atoms with Crippen LogP contribution in [0.5, 0.6) is 11.5 Å². The van der Waals surface area contributed by atoms with Crippen molar-refractivity contribution in [3.63, 3.8) is 0 Å². The molecule has 0 radical (unpaired) electrons. The standard InChI is InChI=1S/C10H16NO4P/c1-6(2)10-8(12)4-7(3)5-9(10)15-16(11,13)14/h4-6,12H,1-3H3,(H3,11,13,14). The third-order valence-electron chi connectivity index (χ3n) is 2.07. The van der Waals surface area contributed by atoms with Gasteiger partial charge in [0.1, 0.15) is 11.5 Å². The molecule has 6 heteroatoms. The molecule has 0 heterocycles. The summed E-state index contributed by atoms with van der Waals surface area (Å²) in [6.07, 6.45) is 0. The first-order chi connectivity index (χ1) is 7.20. The molecule has 0 aliphatic carbocycles. The largest absolute Gasteiger partial charge is 0.508 e. The van der Waals surface area contributed by atoms with Crippen LogP contribution in [0.15, 0.2) is 12.1 Å². The van der Waals surface area contributed by atoms with Crippen molar-refractivity contribution >= 4 is 7.75 Å². The number of rotatable bonds is 3. The molecule has 0 bridgehead atoms. The maximum absolute atomic E-state index is 11.0. The maximum atomic E-state index is 11.0. The molecular weight excluding hydrogens is 229 g/mol. The van der Waals surface area contributed by atoms with Crippen molar-refractivity contribution in [3.05, 3.63) is 23.3 Å². The Morgan fingerprint density at radius 1 is 1.44 bits per heavy atom. The molecule has 0 saturated carbocycles. The topological polar surface area (TPSA) is 92.8 Å². The van der Waals surface area contributed by atoms with E-state index in [-0.39, 0.29) is 17.4 Å². The number of aromatic hydroxyl groups is 1. The van der Waals surface area contributed by atoms with Crippen LogP contribution in [0, 0.1) is 6.92 Å². The fourth-order valence-corrected chi connectivity index (χ4v) is 1.98. The van der Waals surface area contributed by atoms with Gasteiger partial charge in [-0.2, -0.15) is 0 Å². The summed E-state index contributed by atoms with van der Waals surface area (Å²) in [5, 5.41) is 9.75. The van der Waals surface area contributed by atoms with Crippen LogP contribution in [0.3, 0.4) is 0 Å². The first-order valence-electron chi connectivity index (χ1n) is 4.85. The lowest BCUT2D eigenvalue weighted by atomic mass is 9.99. The zero-order valence-corrected chi connectivity index (χ0v) is 10.4. The molecule has 0 aliphatic heterocycles. The van der Waals surface area contributed by atoms with Gasteiger partial charge in [0, 0.05) is 5.56 Å². The third kappa shape index (κ3) is 3.23. The lowest BCUT2D eigenvalue weighted by Crippen LogP contribution is -2.04. The number of phenolic OH excluding ortho intramolecular Hbond substituents is 1. The van der Waals surface area contributed by atoms with Gasteiger partial charge in [-0.05, 0) is 30.5 Å². The number of nitrogens with two attached hydrogens (primary N) is 1. The van der Waals surface area contributed by atoms with Crippen molar-refractivity contribution in [3.8, 4) is 11.5 Å². The number of aryl methyl sites for hydroxylation is 1. The average molecular weight is 245 g/mol. The van der Waals surface area contributed by atoms with Gasteiger partial charge >= 0.3 is 7.75 Å². The summed E-state index contributed by atoms with van der Waals surface area (Å²) in [5.41, 5.74) is 6.15. The van der Waals surface area contributed by atoms with Crippen LogP contribution in [0.2, 0.25) is 0 Å². The van der Waals surface area contributed by atoms with Crippen molar-refractivity contribution in [2.45, 2.75) is 26.7 Å². The van der Waals surface area contributed by atoms with E-state index in [0.29, 0.717) is 5.56 Å². The molecule has 1 rings (SSSR count). The van der Waals surface area contributed by atoms with Crippen LogP contribution in [0.25, 0.3) is 0 Å². The molecule has 16 heavy (non-hydrogen) atoms. The highest BCUT2D eigenvalue weighted by Crippen LogP contribution is 2.42. The van der Waals surface area contributed by atoms with Crippen molar-refractivity contribution < 1.29 is 19.1 Å². The average Bonchev–Trinajstić information content (AvgIpc) is 1.96. The molecule has 1 aromatic carbocycles. The Balaban J connectivity index is 3.30. The maximum Gasteiger partial charge on any atom is 0.453 e. The van der Waals surface area contributed by atoms with E-state index in [2.05, 4.69) is 0 Å². The molecule has 0 saturated heterocycles. The van der Waals surface area contributed by atoms with E-state index in [1.54, 1.807) is 19.1 Å². The highest BCUT2D eigenvalue weighted by molar-refractivity contribution is 7.50. The number of phenols is 1. The molecule has 4 N–H and O–H groups in total. The van der Waals surface area contributed by atoms with Gasteiger partial charge in [0.15, 0.2) is 0 Å². The van der Waals surface area contributed by atoms with Crippen molar-refractivity contribution in [2.75, 3.05) is 0 Å². The Kier molecular flexibility index (Phi) is 3.63. The second-order valence-electron chi connectivity index (χ2n) is 4.01. The van der Waals surface area contributed by atoms with Crippen LogP contribution < -0.4 is 10.0 Å². The van der Waals surface area contributed by atoms with Crippen LogP contribution in [0.1, 0.15) is 30.9 Å². The van der Waals surface area contributed by atoms with Crippen LogP contribution in [-0.2, 0) is 4.57 Å². The van der Waals surface area contributed by atoms with Crippen LogP contribution in [0.4, 0.5) is 0 Å². The molecule has 0 spiro atoms. The Labute approximate surface area is 94.5 Å². The normalized spacial score (nSPS) is 14.9. The molecule has 0 fully saturated rings. The Bertz CT molecular complexity index is 439. The Morgan fingerprint density at radius 3 is 2.44 bits per heavy atom.